The minimum absolute atomic E-state index is 0.0751. The average Bonchev–Trinajstić information content (AvgIpc) is 2.34. The highest BCUT2D eigenvalue weighted by atomic mass is 16.6. The fourth-order valence-corrected chi connectivity index (χ4v) is 0.681. The normalized spacial score (nSPS) is 9.54. The van der Waals surface area contributed by atoms with Crippen LogP contribution >= 0.6 is 0 Å². The third kappa shape index (κ3) is 1.56. The third-order valence-corrected chi connectivity index (χ3v) is 1.28. The maximum Gasteiger partial charge on any atom is 0.335 e. The van der Waals surface area contributed by atoms with Crippen LogP contribution in [0.4, 0.5) is 0 Å². The van der Waals surface area contributed by atoms with Crippen molar-refractivity contribution in [1.82, 2.24) is 4.73 Å². The first kappa shape index (κ1) is 8.98. The summed E-state index contributed by atoms with van der Waals surface area (Å²) in [5, 5.41) is 26.7. The molecular formula is C7H7NO5. The standard InChI is InChI=1S/C7H7NO5/c1-2-6(10)13-4-3-5(9)8(12)7(4)11/h2-3,9,11-12H,1H2. The molecule has 1 aromatic rings. The molecule has 1 rings (SSSR count). The highest BCUT2D eigenvalue weighted by Crippen LogP contribution is 2.32. The number of hydrogen-bond donors (Lipinski definition) is 3. The van der Waals surface area contributed by atoms with Gasteiger partial charge in [-0.25, -0.2) is 4.79 Å². The lowest BCUT2D eigenvalue weighted by Crippen LogP contribution is -2.02. The molecule has 0 spiro atoms. The lowest BCUT2D eigenvalue weighted by Gasteiger charge is -1.97. The van der Waals surface area contributed by atoms with Gasteiger partial charge in [-0.15, -0.1) is 4.73 Å². The SMILES string of the molecule is C=CC(=O)Oc1cc(O)n(O)c1O. The molecule has 70 valence electrons. The monoisotopic (exact) mass is 185 g/mol. The fourth-order valence-electron chi connectivity index (χ4n) is 0.681. The second-order valence-corrected chi connectivity index (χ2v) is 2.13. The summed E-state index contributed by atoms with van der Waals surface area (Å²) in [5.74, 6) is -2.54. The first-order valence-electron chi connectivity index (χ1n) is 3.23. The molecule has 0 saturated heterocycles. The summed E-state index contributed by atoms with van der Waals surface area (Å²) in [7, 11) is 0. The zero-order valence-corrected chi connectivity index (χ0v) is 6.47. The van der Waals surface area contributed by atoms with Gasteiger partial charge in [-0.2, -0.15) is 0 Å². The molecule has 0 unspecified atom stereocenters. The Bertz CT molecular complexity index is 354. The van der Waals surface area contributed by atoms with Gasteiger partial charge in [-0.1, -0.05) is 6.58 Å². The lowest BCUT2D eigenvalue weighted by atomic mass is 10.5. The first-order valence-corrected chi connectivity index (χ1v) is 3.23. The third-order valence-electron chi connectivity index (χ3n) is 1.28. The van der Waals surface area contributed by atoms with E-state index in [1.54, 1.807) is 0 Å². The van der Waals surface area contributed by atoms with E-state index in [1.807, 2.05) is 0 Å². The van der Waals surface area contributed by atoms with Crippen molar-refractivity contribution in [3.63, 3.8) is 0 Å². The van der Waals surface area contributed by atoms with E-state index in [0.29, 0.717) is 0 Å². The predicted octanol–water partition coefficient (Wildman–Crippen LogP) is 0.228. The van der Waals surface area contributed by atoms with E-state index in [1.165, 1.54) is 0 Å². The van der Waals surface area contributed by atoms with Crippen LogP contribution in [0.25, 0.3) is 0 Å². The van der Waals surface area contributed by atoms with Crippen molar-refractivity contribution in [1.29, 1.82) is 0 Å². The molecule has 0 bridgehead atoms. The first-order chi connectivity index (χ1) is 6.06. The minimum Gasteiger partial charge on any atom is -0.492 e. The topological polar surface area (TPSA) is 91.9 Å². The molecular weight excluding hydrogens is 178 g/mol. The number of carbonyl (C=O) groups excluding carboxylic acids is 1. The summed E-state index contributed by atoms with van der Waals surface area (Å²) in [6.45, 7) is 3.13. The molecule has 0 aliphatic carbocycles. The smallest absolute Gasteiger partial charge is 0.335 e. The zero-order valence-electron chi connectivity index (χ0n) is 6.47. The van der Waals surface area contributed by atoms with Crippen LogP contribution < -0.4 is 4.74 Å². The lowest BCUT2D eigenvalue weighted by molar-refractivity contribution is -0.129. The number of ether oxygens (including phenoxy) is 1. The second kappa shape index (κ2) is 3.10. The Kier molecular flexibility index (Phi) is 2.14. The van der Waals surface area contributed by atoms with E-state index in [-0.39, 0.29) is 10.5 Å². The molecule has 0 saturated carbocycles. The molecule has 0 fully saturated rings. The maximum atomic E-state index is 10.6. The van der Waals surface area contributed by atoms with Gasteiger partial charge in [0.05, 0.1) is 6.07 Å². The van der Waals surface area contributed by atoms with Crippen molar-refractivity contribution in [3.05, 3.63) is 18.7 Å². The summed E-state index contributed by atoms with van der Waals surface area (Å²) >= 11 is 0. The fraction of sp³-hybridized carbons (Fsp3) is 0. The number of hydrogen-bond acceptors (Lipinski definition) is 5. The molecule has 13 heavy (non-hydrogen) atoms. The number of esters is 1. The van der Waals surface area contributed by atoms with Crippen molar-refractivity contribution in [3.8, 4) is 17.5 Å². The summed E-state index contributed by atoms with van der Waals surface area (Å²) in [4.78, 5) is 10.6. The highest BCUT2D eigenvalue weighted by Gasteiger charge is 2.15. The van der Waals surface area contributed by atoms with E-state index >= 15 is 0 Å². The number of aromatic hydroxyl groups is 2. The predicted molar refractivity (Wildman–Crippen MR) is 40.8 cm³/mol. The van der Waals surface area contributed by atoms with Gasteiger partial charge in [0.1, 0.15) is 0 Å². The summed E-state index contributed by atoms with van der Waals surface area (Å²) < 4.78 is 4.52. The van der Waals surface area contributed by atoms with Crippen LogP contribution in [0.1, 0.15) is 0 Å². The zero-order chi connectivity index (χ0) is 10.0. The number of aromatic nitrogens is 1. The molecule has 0 aliphatic rings. The number of rotatable bonds is 2. The van der Waals surface area contributed by atoms with E-state index in [9.17, 15) is 4.79 Å². The summed E-state index contributed by atoms with van der Waals surface area (Å²) in [6, 6.07) is 0.886. The Balaban J connectivity index is 2.96. The number of nitrogens with zero attached hydrogens (tertiary/aromatic N) is 1. The van der Waals surface area contributed by atoms with Gasteiger partial charge in [0.15, 0.2) is 5.75 Å². The molecule has 1 aromatic heterocycles. The van der Waals surface area contributed by atoms with Crippen molar-refractivity contribution >= 4 is 5.97 Å². The maximum absolute atomic E-state index is 10.6. The molecule has 1 heterocycles. The summed E-state index contributed by atoms with van der Waals surface area (Å²) in [6.07, 6.45) is 0.880. The van der Waals surface area contributed by atoms with Gasteiger partial charge < -0.3 is 20.2 Å². The van der Waals surface area contributed by atoms with Gasteiger partial charge in [-0.05, 0) is 0 Å². The molecule has 0 aromatic carbocycles. The number of carbonyl (C=O) groups is 1. The van der Waals surface area contributed by atoms with Gasteiger partial charge >= 0.3 is 5.97 Å². The van der Waals surface area contributed by atoms with Crippen LogP contribution in [0.3, 0.4) is 0 Å². The van der Waals surface area contributed by atoms with Gasteiger partial charge in [0, 0.05) is 6.08 Å². The highest BCUT2D eigenvalue weighted by molar-refractivity contribution is 5.83. The van der Waals surface area contributed by atoms with Crippen molar-refractivity contribution in [2.75, 3.05) is 0 Å². The molecule has 3 N–H and O–H groups in total. The molecule has 0 amide bonds. The van der Waals surface area contributed by atoms with Crippen LogP contribution in [0.15, 0.2) is 18.7 Å². The van der Waals surface area contributed by atoms with Crippen LogP contribution in [0.5, 0.6) is 17.5 Å². The Hall–Kier alpha value is -2.11. The van der Waals surface area contributed by atoms with E-state index in [2.05, 4.69) is 11.3 Å². The van der Waals surface area contributed by atoms with E-state index < -0.39 is 17.7 Å². The quantitative estimate of drug-likeness (QED) is 0.348. The van der Waals surface area contributed by atoms with Crippen LogP contribution in [0.2, 0.25) is 0 Å². The van der Waals surface area contributed by atoms with Crippen molar-refractivity contribution < 1.29 is 25.0 Å². The van der Waals surface area contributed by atoms with Gasteiger partial charge in [-0.3, -0.25) is 0 Å². The molecule has 6 nitrogen and oxygen atoms in total. The van der Waals surface area contributed by atoms with Crippen LogP contribution in [0, 0.1) is 0 Å². The van der Waals surface area contributed by atoms with Gasteiger partial charge in [0.2, 0.25) is 5.88 Å². The van der Waals surface area contributed by atoms with E-state index in [0.717, 1.165) is 12.1 Å². The van der Waals surface area contributed by atoms with Crippen molar-refractivity contribution in [2.24, 2.45) is 0 Å². The Morgan fingerprint density at radius 1 is 1.62 bits per heavy atom. The van der Waals surface area contributed by atoms with Crippen molar-refractivity contribution in [2.45, 2.75) is 0 Å². The van der Waals surface area contributed by atoms with Gasteiger partial charge in [0.25, 0.3) is 5.88 Å². The summed E-state index contributed by atoms with van der Waals surface area (Å²) in [5.41, 5.74) is 0. The molecule has 0 atom stereocenters. The average molecular weight is 185 g/mol. The van der Waals surface area contributed by atoms with E-state index in [4.69, 9.17) is 15.4 Å². The largest absolute Gasteiger partial charge is 0.492 e. The Morgan fingerprint density at radius 2 is 2.23 bits per heavy atom. The minimum atomic E-state index is -0.805. The molecule has 6 heteroatoms. The second-order valence-electron chi connectivity index (χ2n) is 2.13. The molecule has 0 aliphatic heterocycles. The Labute approximate surface area is 72.9 Å². The molecule has 0 radical (unpaired) electrons. The Morgan fingerprint density at radius 3 is 2.62 bits per heavy atom. The van der Waals surface area contributed by atoms with Crippen LogP contribution in [-0.4, -0.2) is 26.1 Å². The van der Waals surface area contributed by atoms with Crippen LogP contribution in [-0.2, 0) is 4.79 Å².